The molecule has 0 aliphatic carbocycles. The van der Waals surface area contributed by atoms with Crippen LogP contribution in [-0.4, -0.2) is 12.1 Å². The van der Waals surface area contributed by atoms with Crippen molar-refractivity contribution in [3.63, 3.8) is 0 Å². The summed E-state index contributed by atoms with van der Waals surface area (Å²) in [5.74, 6) is 2.56. The van der Waals surface area contributed by atoms with E-state index in [4.69, 9.17) is 9.15 Å². The van der Waals surface area contributed by atoms with Crippen molar-refractivity contribution >= 4 is 0 Å². The zero-order chi connectivity index (χ0) is 13.6. The van der Waals surface area contributed by atoms with Gasteiger partial charge in [0, 0.05) is 12.1 Å². The molecular weight excluding hydrogens is 226 g/mol. The Kier molecular flexibility index (Phi) is 5.89. The molecule has 3 nitrogen and oxygen atoms in total. The molecule has 0 bridgehead atoms. The third kappa shape index (κ3) is 6.82. The first-order valence-electron chi connectivity index (χ1n) is 6.77. The molecule has 0 aliphatic heterocycles. The largest absolute Gasteiger partial charge is 0.462 e. The zero-order valence-corrected chi connectivity index (χ0v) is 12.4. The van der Waals surface area contributed by atoms with Crippen LogP contribution in [0.1, 0.15) is 52.6 Å². The van der Waals surface area contributed by atoms with E-state index in [0.29, 0.717) is 12.5 Å². The normalized spacial score (nSPS) is 12.3. The minimum atomic E-state index is 0.112. The maximum absolute atomic E-state index is 5.70. The number of furan rings is 1. The van der Waals surface area contributed by atoms with E-state index in [0.717, 1.165) is 31.1 Å². The van der Waals surface area contributed by atoms with Crippen LogP contribution in [0.25, 0.3) is 0 Å². The zero-order valence-electron chi connectivity index (χ0n) is 12.4. The van der Waals surface area contributed by atoms with Crippen LogP contribution in [0.2, 0.25) is 0 Å². The highest BCUT2D eigenvalue weighted by atomic mass is 16.5. The van der Waals surface area contributed by atoms with Crippen LogP contribution in [0, 0.1) is 5.92 Å². The first-order chi connectivity index (χ1) is 8.37. The van der Waals surface area contributed by atoms with Crippen molar-refractivity contribution in [2.75, 3.05) is 6.61 Å². The Balaban J connectivity index is 2.26. The molecule has 0 unspecified atom stereocenters. The lowest BCUT2D eigenvalue weighted by atomic mass is 10.1. The van der Waals surface area contributed by atoms with Crippen molar-refractivity contribution in [1.82, 2.24) is 5.32 Å². The summed E-state index contributed by atoms with van der Waals surface area (Å²) in [5, 5.41) is 3.40. The summed E-state index contributed by atoms with van der Waals surface area (Å²) in [4.78, 5) is 0. The second-order valence-electron chi connectivity index (χ2n) is 6.21. The molecule has 0 amide bonds. The number of rotatable bonds is 7. The van der Waals surface area contributed by atoms with Crippen molar-refractivity contribution in [2.45, 2.75) is 59.7 Å². The molecule has 1 N–H and O–H groups in total. The SMILES string of the molecule is CC(C)CCOCc1ccc(CNC(C)(C)C)o1. The van der Waals surface area contributed by atoms with E-state index in [9.17, 15) is 0 Å². The quantitative estimate of drug-likeness (QED) is 0.752. The Morgan fingerprint density at radius 3 is 2.50 bits per heavy atom. The van der Waals surface area contributed by atoms with E-state index in [2.05, 4.69) is 39.9 Å². The first kappa shape index (κ1) is 15.3. The fourth-order valence-corrected chi connectivity index (χ4v) is 1.44. The van der Waals surface area contributed by atoms with Gasteiger partial charge in [-0.25, -0.2) is 0 Å². The summed E-state index contributed by atoms with van der Waals surface area (Å²) in [5.41, 5.74) is 0.112. The van der Waals surface area contributed by atoms with E-state index >= 15 is 0 Å². The average molecular weight is 253 g/mol. The summed E-state index contributed by atoms with van der Waals surface area (Å²) in [6, 6.07) is 4.01. The fourth-order valence-electron chi connectivity index (χ4n) is 1.44. The van der Waals surface area contributed by atoms with Gasteiger partial charge in [-0.2, -0.15) is 0 Å². The van der Waals surface area contributed by atoms with Crippen LogP contribution in [0.4, 0.5) is 0 Å². The Morgan fingerprint density at radius 2 is 1.89 bits per heavy atom. The summed E-state index contributed by atoms with van der Waals surface area (Å²) in [7, 11) is 0. The van der Waals surface area contributed by atoms with Gasteiger partial charge in [-0.3, -0.25) is 0 Å². The molecule has 1 heterocycles. The molecule has 1 rings (SSSR count). The van der Waals surface area contributed by atoms with Crippen LogP contribution in [-0.2, 0) is 17.9 Å². The summed E-state index contributed by atoms with van der Waals surface area (Å²) < 4.78 is 11.3. The standard InChI is InChI=1S/C15H27NO2/c1-12(2)8-9-17-11-14-7-6-13(18-14)10-16-15(3,4)5/h6-7,12,16H,8-11H2,1-5H3. The van der Waals surface area contributed by atoms with E-state index in [1.165, 1.54) is 0 Å². The first-order valence-corrected chi connectivity index (χ1v) is 6.77. The lowest BCUT2D eigenvalue weighted by molar-refractivity contribution is 0.0959. The van der Waals surface area contributed by atoms with E-state index in [-0.39, 0.29) is 5.54 Å². The summed E-state index contributed by atoms with van der Waals surface area (Å²) in [6.45, 7) is 13.0. The van der Waals surface area contributed by atoms with Gasteiger partial charge in [0.15, 0.2) is 0 Å². The number of hydrogen-bond donors (Lipinski definition) is 1. The molecule has 0 saturated carbocycles. The van der Waals surface area contributed by atoms with Crippen molar-refractivity contribution < 1.29 is 9.15 Å². The molecule has 104 valence electrons. The number of hydrogen-bond acceptors (Lipinski definition) is 3. The van der Waals surface area contributed by atoms with Crippen molar-refractivity contribution in [3.8, 4) is 0 Å². The van der Waals surface area contributed by atoms with Crippen LogP contribution in [0.5, 0.6) is 0 Å². The highest BCUT2D eigenvalue weighted by Crippen LogP contribution is 2.11. The molecule has 0 aliphatic rings. The van der Waals surface area contributed by atoms with Gasteiger partial charge in [0.05, 0.1) is 6.54 Å². The lowest BCUT2D eigenvalue weighted by Crippen LogP contribution is -2.34. The van der Waals surface area contributed by atoms with Crippen molar-refractivity contribution in [3.05, 3.63) is 23.7 Å². The molecule has 18 heavy (non-hydrogen) atoms. The minimum Gasteiger partial charge on any atom is -0.462 e. The van der Waals surface area contributed by atoms with Crippen LogP contribution >= 0.6 is 0 Å². The van der Waals surface area contributed by atoms with Gasteiger partial charge < -0.3 is 14.5 Å². The molecule has 0 atom stereocenters. The second kappa shape index (κ2) is 6.95. The molecule has 3 heteroatoms. The summed E-state index contributed by atoms with van der Waals surface area (Å²) in [6.07, 6.45) is 1.10. The van der Waals surface area contributed by atoms with Gasteiger partial charge >= 0.3 is 0 Å². The van der Waals surface area contributed by atoms with Gasteiger partial charge in [-0.05, 0) is 45.2 Å². The predicted octanol–water partition coefficient (Wildman–Crippen LogP) is 3.73. The third-order valence-corrected chi connectivity index (χ3v) is 2.59. The minimum absolute atomic E-state index is 0.112. The third-order valence-electron chi connectivity index (χ3n) is 2.59. The second-order valence-corrected chi connectivity index (χ2v) is 6.21. The topological polar surface area (TPSA) is 34.4 Å². The van der Waals surface area contributed by atoms with Crippen molar-refractivity contribution in [1.29, 1.82) is 0 Å². The Morgan fingerprint density at radius 1 is 1.22 bits per heavy atom. The monoisotopic (exact) mass is 253 g/mol. The van der Waals surface area contributed by atoms with Crippen LogP contribution < -0.4 is 5.32 Å². The van der Waals surface area contributed by atoms with Gasteiger partial charge in [0.2, 0.25) is 0 Å². The molecule has 0 radical (unpaired) electrons. The van der Waals surface area contributed by atoms with E-state index < -0.39 is 0 Å². The molecule has 0 saturated heterocycles. The van der Waals surface area contributed by atoms with E-state index in [1.54, 1.807) is 0 Å². The van der Waals surface area contributed by atoms with Gasteiger partial charge in [0.25, 0.3) is 0 Å². The fraction of sp³-hybridized carbons (Fsp3) is 0.733. The van der Waals surface area contributed by atoms with Crippen LogP contribution in [0.3, 0.4) is 0 Å². The highest BCUT2D eigenvalue weighted by molar-refractivity contribution is 5.06. The summed E-state index contributed by atoms with van der Waals surface area (Å²) >= 11 is 0. The molecule has 1 aromatic heterocycles. The van der Waals surface area contributed by atoms with Crippen LogP contribution in [0.15, 0.2) is 16.5 Å². The maximum Gasteiger partial charge on any atom is 0.129 e. The van der Waals surface area contributed by atoms with Gasteiger partial charge in [-0.1, -0.05) is 13.8 Å². The number of ether oxygens (including phenoxy) is 1. The lowest BCUT2D eigenvalue weighted by Gasteiger charge is -2.19. The average Bonchev–Trinajstić information content (AvgIpc) is 2.68. The smallest absolute Gasteiger partial charge is 0.129 e. The predicted molar refractivity (Wildman–Crippen MR) is 74.4 cm³/mol. The van der Waals surface area contributed by atoms with Gasteiger partial charge in [0.1, 0.15) is 18.1 Å². The Labute approximate surface area is 111 Å². The van der Waals surface area contributed by atoms with E-state index in [1.807, 2.05) is 12.1 Å². The molecule has 0 fully saturated rings. The molecule has 0 aromatic carbocycles. The molecular formula is C15H27NO2. The molecule has 1 aromatic rings. The van der Waals surface area contributed by atoms with Gasteiger partial charge in [-0.15, -0.1) is 0 Å². The Hall–Kier alpha value is -0.800. The van der Waals surface area contributed by atoms with Crippen molar-refractivity contribution in [2.24, 2.45) is 5.92 Å². The maximum atomic E-state index is 5.70. The highest BCUT2D eigenvalue weighted by Gasteiger charge is 2.10. The Bertz CT molecular complexity index is 337. The molecule has 0 spiro atoms. The number of nitrogens with one attached hydrogen (secondary N) is 1.